The zero-order valence-electron chi connectivity index (χ0n) is 18.2. The maximum atomic E-state index is 13.6. The van der Waals surface area contributed by atoms with Gasteiger partial charge in [0.05, 0.1) is 34.1 Å². The van der Waals surface area contributed by atoms with E-state index in [1.54, 1.807) is 17.6 Å². The second-order valence-electron chi connectivity index (χ2n) is 9.25. The molecule has 166 valence electrons. The van der Waals surface area contributed by atoms with Crippen LogP contribution in [0, 0.1) is 17.8 Å². The minimum atomic E-state index is -0.434. The molecule has 0 amide bonds. The zero-order valence-corrected chi connectivity index (χ0v) is 19.1. The molecule has 1 aromatic carbocycles. The average molecular weight is 442 g/mol. The fourth-order valence-electron chi connectivity index (χ4n) is 5.39. The number of piperazine rings is 1. The molecule has 5 atom stereocenters. The number of aliphatic hydroxyl groups is 1. The van der Waals surface area contributed by atoms with Gasteiger partial charge in [0.1, 0.15) is 11.1 Å². The van der Waals surface area contributed by atoms with Crippen molar-refractivity contribution < 1.29 is 14.6 Å². The molecule has 0 bridgehead atoms. The molecule has 5 unspecified atom stereocenters. The third-order valence-corrected chi connectivity index (χ3v) is 8.43. The highest BCUT2D eigenvalue weighted by Gasteiger charge is 2.50. The smallest absolute Gasteiger partial charge is 0.175 e. The number of nitrogens with zero attached hydrogens (tertiary/aromatic N) is 3. The fourth-order valence-corrected chi connectivity index (χ4v) is 6.37. The normalized spacial score (nSPS) is 32.5. The lowest BCUT2D eigenvalue weighted by Crippen LogP contribution is -2.56. The van der Waals surface area contributed by atoms with Crippen LogP contribution in [0.3, 0.4) is 0 Å². The van der Waals surface area contributed by atoms with Crippen LogP contribution in [0.25, 0.3) is 15.8 Å². The predicted molar refractivity (Wildman–Crippen MR) is 123 cm³/mol. The van der Waals surface area contributed by atoms with Crippen molar-refractivity contribution in [1.29, 1.82) is 0 Å². The summed E-state index contributed by atoms with van der Waals surface area (Å²) >= 11 is 1.54. The number of aromatic nitrogens is 1. The average Bonchev–Trinajstić information content (AvgIpc) is 3.21. The minimum Gasteiger partial charge on any atom is -0.496 e. The number of hydrogen-bond donors (Lipinski definition) is 1. The second kappa shape index (κ2) is 8.62. The molecular weight excluding hydrogens is 410 g/mol. The van der Waals surface area contributed by atoms with Crippen LogP contribution in [0.15, 0.2) is 30.5 Å². The largest absolute Gasteiger partial charge is 0.496 e. The van der Waals surface area contributed by atoms with Crippen molar-refractivity contribution in [2.45, 2.75) is 32.0 Å². The summed E-state index contributed by atoms with van der Waals surface area (Å²) in [5, 5.41) is 11.9. The molecule has 0 radical (unpaired) electrons. The highest BCUT2D eigenvalue weighted by molar-refractivity contribution is 7.19. The first-order valence-corrected chi connectivity index (χ1v) is 12.2. The second-order valence-corrected chi connectivity index (χ2v) is 10.3. The van der Waals surface area contributed by atoms with Crippen molar-refractivity contribution in [3.05, 3.63) is 35.5 Å². The van der Waals surface area contributed by atoms with Gasteiger partial charge in [-0.15, -0.1) is 11.3 Å². The maximum absolute atomic E-state index is 13.6. The number of fused-ring (bicyclic) bond motifs is 2. The molecule has 31 heavy (non-hydrogen) atoms. The zero-order chi connectivity index (χ0) is 21.5. The van der Waals surface area contributed by atoms with Crippen LogP contribution in [0.5, 0.6) is 0 Å². The number of carbonyl (C=O) groups is 1. The number of ether oxygens (including phenoxy) is 1. The Labute approximate surface area is 187 Å². The van der Waals surface area contributed by atoms with Crippen molar-refractivity contribution >= 4 is 32.9 Å². The number of benzene rings is 1. The Bertz CT molecular complexity index is 948. The molecular formula is C24H31N3O3S. The van der Waals surface area contributed by atoms with Gasteiger partial charge >= 0.3 is 0 Å². The molecule has 1 aliphatic carbocycles. The highest BCUT2D eigenvalue weighted by atomic mass is 32.1. The summed E-state index contributed by atoms with van der Waals surface area (Å²) in [7, 11) is 2.15. The van der Waals surface area contributed by atoms with Crippen molar-refractivity contribution in [3.8, 4) is 0 Å². The highest BCUT2D eigenvalue weighted by Crippen LogP contribution is 2.44. The first kappa shape index (κ1) is 21.1. The molecule has 3 aliphatic rings. The van der Waals surface area contributed by atoms with E-state index in [0.717, 1.165) is 54.4 Å². The Morgan fingerprint density at radius 3 is 2.74 bits per heavy atom. The van der Waals surface area contributed by atoms with E-state index >= 15 is 0 Å². The van der Waals surface area contributed by atoms with Gasteiger partial charge in [0.2, 0.25) is 0 Å². The molecule has 2 aliphatic heterocycles. The summed E-state index contributed by atoms with van der Waals surface area (Å²) in [4.78, 5) is 23.0. The summed E-state index contributed by atoms with van der Waals surface area (Å²) < 4.78 is 7.32. The number of allylic oxidation sites excluding steroid dienone is 1. The Balaban J connectivity index is 1.41. The Hall–Kier alpha value is -1.80. The van der Waals surface area contributed by atoms with Crippen LogP contribution >= 0.6 is 11.3 Å². The van der Waals surface area contributed by atoms with Crippen LogP contribution in [0.2, 0.25) is 0 Å². The van der Waals surface area contributed by atoms with Crippen LogP contribution in [0.4, 0.5) is 0 Å². The summed E-state index contributed by atoms with van der Waals surface area (Å²) in [5.74, 6) is -0.00735. The van der Waals surface area contributed by atoms with E-state index < -0.39 is 6.10 Å². The van der Waals surface area contributed by atoms with E-state index in [0.29, 0.717) is 12.0 Å². The first-order valence-electron chi connectivity index (χ1n) is 11.4. The van der Waals surface area contributed by atoms with E-state index in [9.17, 15) is 9.90 Å². The molecule has 2 aromatic rings. The predicted octanol–water partition coefficient (Wildman–Crippen LogP) is 2.88. The van der Waals surface area contributed by atoms with Gasteiger partial charge in [0.25, 0.3) is 0 Å². The Morgan fingerprint density at radius 1 is 1.23 bits per heavy atom. The van der Waals surface area contributed by atoms with Gasteiger partial charge in [-0.05, 0) is 31.5 Å². The van der Waals surface area contributed by atoms with Crippen LogP contribution in [-0.4, -0.2) is 77.7 Å². The van der Waals surface area contributed by atoms with E-state index in [4.69, 9.17) is 4.74 Å². The molecule has 1 saturated heterocycles. The van der Waals surface area contributed by atoms with E-state index in [2.05, 4.69) is 28.8 Å². The monoisotopic (exact) mass is 441 g/mol. The van der Waals surface area contributed by atoms with Crippen molar-refractivity contribution in [2.24, 2.45) is 17.8 Å². The number of likely N-dealkylation sites (N-methyl/N-ethyl adjacent to an activating group) is 1. The molecule has 7 heteroatoms. The third-order valence-electron chi connectivity index (χ3n) is 7.36. The third kappa shape index (κ3) is 3.93. The van der Waals surface area contributed by atoms with Crippen molar-refractivity contribution in [3.63, 3.8) is 0 Å². The number of rotatable bonds is 4. The number of thiazole rings is 1. The number of hydrogen-bond acceptors (Lipinski definition) is 7. The summed E-state index contributed by atoms with van der Waals surface area (Å²) in [6.45, 7) is 6.96. The maximum Gasteiger partial charge on any atom is 0.175 e. The quantitative estimate of drug-likeness (QED) is 0.787. The molecule has 1 aromatic heterocycles. The molecule has 2 fully saturated rings. The Morgan fingerprint density at radius 2 is 2.00 bits per heavy atom. The molecule has 1 saturated carbocycles. The molecule has 6 nitrogen and oxygen atoms in total. The van der Waals surface area contributed by atoms with Crippen molar-refractivity contribution in [1.82, 2.24) is 14.8 Å². The summed E-state index contributed by atoms with van der Waals surface area (Å²) in [6, 6.07) is 7.96. The number of Topliss-reactive ketones (excluding diaryl/α,β-unsaturated/α-hetero) is 1. The number of carbonyl (C=O) groups excluding carboxylic acids is 1. The van der Waals surface area contributed by atoms with E-state index in [1.165, 1.54) is 0 Å². The minimum absolute atomic E-state index is 0.0516. The topological polar surface area (TPSA) is 65.9 Å². The van der Waals surface area contributed by atoms with Gasteiger partial charge in [-0.25, -0.2) is 4.98 Å². The molecule has 5 rings (SSSR count). The van der Waals surface area contributed by atoms with Crippen LogP contribution < -0.4 is 0 Å². The Kier molecular flexibility index (Phi) is 5.86. The van der Waals surface area contributed by atoms with Gasteiger partial charge < -0.3 is 19.6 Å². The summed E-state index contributed by atoms with van der Waals surface area (Å²) in [5.41, 5.74) is 1.50. The number of para-hydroxylation sites is 1. The number of ketones is 1. The lowest BCUT2D eigenvalue weighted by Gasteiger charge is -2.47. The standard InChI is InChI=1S/C24H31N3O3S/c1-3-15-12-16-22(29)18(24-25-19-6-4-5-7-20(19)31-24)14-30-23(16)17(21(15)28)13-27-10-8-26(2)9-11-27/h4-7,14-17,21,23,28H,3,8-13H2,1-2H3. The fraction of sp³-hybridized carbons (Fsp3) is 0.583. The lowest BCUT2D eigenvalue weighted by molar-refractivity contribution is -0.141. The van der Waals surface area contributed by atoms with Gasteiger partial charge in [0.15, 0.2) is 5.78 Å². The van der Waals surface area contributed by atoms with Gasteiger partial charge in [-0.2, -0.15) is 0 Å². The molecule has 1 N–H and O–H groups in total. The van der Waals surface area contributed by atoms with Crippen LogP contribution in [0.1, 0.15) is 24.8 Å². The van der Waals surface area contributed by atoms with E-state index in [-0.39, 0.29) is 29.6 Å². The number of aliphatic hydroxyl groups excluding tert-OH is 1. The lowest BCUT2D eigenvalue weighted by atomic mass is 9.67. The first-order chi connectivity index (χ1) is 15.0. The summed E-state index contributed by atoms with van der Waals surface area (Å²) in [6.07, 6.45) is 2.48. The van der Waals surface area contributed by atoms with E-state index in [1.807, 2.05) is 24.3 Å². The van der Waals surface area contributed by atoms with Gasteiger partial charge in [-0.3, -0.25) is 4.79 Å². The van der Waals surface area contributed by atoms with Crippen molar-refractivity contribution in [2.75, 3.05) is 39.8 Å². The SMILES string of the molecule is CCC1CC2C(=O)C(c3nc4ccccc4s3)=COC2C(CN2CCN(C)CC2)C1O. The van der Waals surface area contributed by atoms with Gasteiger partial charge in [-0.1, -0.05) is 25.5 Å². The van der Waals surface area contributed by atoms with Crippen LogP contribution in [-0.2, 0) is 9.53 Å². The molecule has 0 spiro atoms. The molecule has 3 heterocycles. The van der Waals surface area contributed by atoms with Gasteiger partial charge in [0, 0.05) is 38.6 Å².